The number of sulfonamides is 1. The van der Waals surface area contributed by atoms with Crippen molar-refractivity contribution in [1.82, 2.24) is 9.62 Å². The molecule has 2 rings (SSSR count). The van der Waals surface area contributed by atoms with E-state index in [9.17, 15) is 8.42 Å². The predicted molar refractivity (Wildman–Crippen MR) is 85.8 cm³/mol. The van der Waals surface area contributed by atoms with Crippen molar-refractivity contribution in [2.75, 3.05) is 19.6 Å². The molecular weight excluding hydrogens is 284 g/mol. The topological polar surface area (TPSA) is 49.4 Å². The molecule has 4 nitrogen and oxygen atoms in total. The Bertz CT molecular complexity index is 636. The van der Waals surface area contributed by atoms with Gasteiger partial charge in [-0.25, -0.2) is 8.42 Å². The summed E-state index contributed by atoms with van der Waals surface area (Å²) >= 11 is 0. The summed E-state index contributed by atoms with van der Waals surface area (Å²) in [4.78, 5) is 0.450. The number of hydrogen-bond acceptors (Lipinski definition) is 3. The van der Waals surface area contributed by atoms with Crippen molar-refractivity contribution in [3.63, 3.8) is 0 Å². The van der Waals surface area contributed by atoms with E-state index in [-0.39, 0.29) is 0 Å². The average molecular weight is 308 g/mol. The zero-order valence-corrected chi connectivity index (χ0v) is 13.8. The van der Waals surface area contributed by atoms with E-state index in [0.29, 0.717) is 24.5 Å². The highest BCUT2D eigenvalue weighted by molar-refractivity contribution is 7.89. The van der Waals surface area contributed by atoms with E-state index in [1.165, 1.54) is 0 Å². The third-order valence-electron chi connectivity index (χ3n) is 3.90. The quantitative estimate of drug-likeness (QED) is 0.850. The molecule has 0 aromatic heterocycles. The zero-order chi connectivity index (χ0) is 15.5. The minimum Gasteiger partial charge on any atom is -0.313 e. The van der Waals surface area contributed by atoms with Gasteiger partial charge in [0.05, 0.1) is 4.90 Å². The number of aryl methyl sites for hydroxylation is 1. The van der Waals surface area contributed by atoms with Crippen LogP contribution in [0.3, 0.4) is 0 Å². The van der Waals surface area contributed by atoms with E-state index in [1.807, 2.05) is 39.0 Å². The molecule has 116 valence electrons. The molecule has 0 spiro atoms. The first-order chi connectivity index (χ1) is 9.96. The van der Waals surface area contributed by atoms with Gasteiger partial charge in [0.15, 0.2) is 0 Å². The molecular formula is C16H24N2O2S. The number of benzene rings is 1. The molecule has 0 aliphatic carbocycles. The normalized spacial score (nSPS) is 16.3. The van der Waals surface area contributed by atoms with Gasteiger partial charge in [0.2, 0.25) is 10.0 Å². The van der Waals surface area contributed by atoms with Crippen molar-refractivity contribution in [1.29, 1.82) is 0 Å². The first-order valence-electron chi connectivity index (χ1n) is 7.42. The molecule has 1 aromatic carbocycles. The van der Waals surface area contributed by atoms with Crippen LogP contribution in [0.25, 0.3) is 0 Å². The van der Waals surface area contributed by atoms with E-state index >= 15 is 0 Å². The lowest BCUT2D eigenvalue weighted by Crippen LogP contribution is -2.34. The molecule has 1 N–H and O–H groups in total. The maximum atomic E-state index is 12.9. The molecule has 1 aromatic rings. The van der Waals surface area contributed by atoms with Crippen molar-refractivity contribution < 1.29 is 8.42 Å². The second-order valence-corrected chi connectivity index (χ2v) is 7.35. The molecule has 0 unspecified atom stereocenters. The fraction of sp³-hybridized carbons (Fsp3) is 0.500. The first kappa shape index (κ1) is 16.2. The van der Waals surface area contributed by atoms with Gasteiger partial charge in [0.25, 0.3) is 0 Å². The SMILES string of the molecule is CCNCc1cc(C)c(C)c(S(=O)(=O)N2CC=CCC2)c1. The smallest absolute Gasteiger partial charge is 0.243 e. The summed E-state index contributed by atoms with van der Waals surface area (Å²) in [5.41, 5.74) is 2.90. The lowest BCUT2D eigenvalue weighted by Gasteiger charge is -2.24. The number of nitrogens with zero attached hydrogens (tertiary/aromatic N) is 1. The first-order valence-corrected chi connectivity index (χ1v) is 8.86. The largest absolute Gasteiger partial charge is 0.313 e. The van der Waals surface area contributed by atoms with Crippen LogP contribution in [0.1, 0.15) is 30.0 Å². The summed E-state index contributed by atoms with van der Waals surface area (Å²) in [5.74, 6) is 0. The second-order valence-electron chi connectivity index (χ2n) is 5.44. The van der Waals surface area contributed by atoms with Gasteiger partial charge in [-0.1, -0.05) is 25.1 Å². The maximum absolute atomic E-state index is 12.9. The zero-order valence-electron chi connectivity index (χ0n) is 13.0. The molecule has 1 heterocycles. The Morgan fingerprint density at radius 1 is 1.24 bits per heavy atom. The Labute approximate surface area is 127 Å². The van der Waals surface area contributed by atoms with Gasteiger partial charge in [0, 0.05) is 19.6 Å². The lowest BCUT2D eigenvalue weighted by atomic mass is 10.1. The van der Waals surface area contributed by atoms with Crippen molar-refractivity contribution in [2.24, 2.45) is 0 Å². The third kappa shape index (κ3) is 3.54. The minimum atomic E-state index is -3.41. The molecule has 0 saturated heterocycles. The van der Waals surface area contributed by atoms with Crippen LogP contribution >= 0.6 is 0 Å². The van der Waals surface area contributed by atoms with Crippen LogP contribution in [-0.2, 0) is 16.6 Å². The van der Waals surface area contributed by atoms with Crippen molar-refractivity contribution >= 4 is 10.0 Å². The molecule has 0 atom stereocenters. The Balaban J connectivity index is 2.41. The molecule has 21 heavy (non-hydrogen) atoms. The molecule has 0 bridgehead atoms. The van der Waals surface area contributed by atoms with Crippen LogP contribution in [-0.4, -0.2) is 32.4 Å². The Kier molecular flexibility index (Phi) is 5.19. The molecule has 0 amide bonds. The van der Waals surface area contributed by atoms with Crippen molar-refractivity contribution in [3.8, 4) is 0 Å². The standard InChI is InChI=1S/C16H24N2O2S/c1-4-17-12-15-10-13(2)14(3)16(11-15)21(19,20)18-8-6-5-7-9-18/h5-6,10-11,17H,4,7-9,12H2,1-3H3. The highest BCUT2D eigenvalue weighted by Gasteiger charge is 2.26. The van der Waals surface area contributed by atoms with Gasteiger partial charge >= 0.3 is 0 Å². The van der Waals surface area contributed by atoms with E-state index in [1.54, 1.807) is 4.31 Å². The van der Waals surface area contributed by atoms with Crippen molar-refractivity contribution in [3.05, 3.63) is 41.0 Å². The summed E-state index contributed by atoms with van der Waals surface area (Å²) in [6, 6.07) is 3.88. The van der Waals surface area contributed by atoms with Crippen molar-refractivity contribution in [2.45, 2.75) is 38.6 Å². The van der Waals surface area contributed by atoms with Crippen LogP contribution in [0.2, 0.25) is 0 Å². The number of rotatable bonds is 5. The van der Waals surface area contributed by atoms with Gasteiger partial charge in [-0.3, -0.25) is 0 Å². The van der Waals surface area contributed by atoms with Gasteiger partial charge < -0.3 is 5.32 Å². The summed E-state index contributed by atoms with van der Waals surface area (Å²) < 4.78 is 27.3. The maximum Gasteiger partial charge on any atom is 0.243 e. The fourth-order valence-electron chi connectivity index (χ4n) is 2.52. The van der Waals surface area contributed by atoms with E-state index in [0.717, 1.165) is 29.7 Å². The van der Waals surface area contributed by atoms with Crippen LogP contribution in [0.4, 0.5) is 0 Å². The second kappa shape index (κ2) is 6.73. The Morgan fingerprint density at radius 3 is 2.62 bits per heavy atom. The Hall–Kier alpha value is -1.17. The molecule has 1 aliphatic heterocycles. The monoisotopic (exact) mass is 308 g/mol. The summed E-state index contributed by atoms with van der Waals surface area (Å²) in [5, 5.41) is 3.25. The predicted octanol–water partition coefficient (Wildman–Crippen LogP) is 2.36. The fourth-order valence-corrected chi connectivity index (χ4v) is 4.27. The van der Waals surface area contributed by atoms with E-state index in [4.69, 9.17) is 0 Å². The highest BCUT2D eigenvalue weighted by Crippen LogP contribution is 2.25. The van der Waals surface area contributed by atoms with Gasteiger partial charge in [-0.15, -0.1) is 0 Å². The number of nitrogens with one attached hydrogen (secondary N) is 1. The van der Waals surface area contributed by atoms with Gasteiger partial charge in [-0.2, -0.15) is 4.31 Å². The summed E-state index contributed by atoms with van der Waals surface area (Å²) in [6.45, 7) is 8.50. The highest BCUT2D eigenvalue weighted by atomic mass is 32.2. The van der Waals surface area contributed by atoms with Crippen LogP contribution < -0.4 is 5.32 Å². The van der Waals surface area contributed by atoms with Gasteiger partial charge in [-0.05, 0) is 49.6 Å². The number of hydrogen-bond donors (Lipinski definition) is 1. The molecule has 0 saturated carbocycles. The third-order valence-corrected chi connectivity index (χ3v) is 5.89. The molecule has 5 heteroatoms. The molecule has 0 radical (unpaired) electrons. The molecule has 0 fully saturated rings. The summed E-state index contributed by atoms with van der Waals surface area (Å²) in [6.07, 6.45) is 4.74. The Morgan fingerprint density at radius 2 is 2.00 bits per heavy atom. The van der Waals surface area contributed by atoms with Crippen LogP contribution in [0.5, 0.6) is 0 Å². The summed E-state index contributed by atoms with van der Waals surface area (Å²) in [7, 11) is -3.41. The average Bonchev–Trinajstić information content (AvgIpc) is 2.49. The molecule has 1 aliphatic rings. The van der Waals surface area contributed by atoms with Gasteiger partial charge in [0.1, 0.15) is 0 Å². The van der Waals surface area contributed by atoms with E-state index in [2.05, 4.69) is 11.4 Å². The minimum absolute atomic E-state index is 0.450. The van der Waals surface area contributed by atoms with Crippen LogP contribution in [0.15, 0.2) is 29.2 Å². The lowest BCUT2D eigenvalue weighted by molar-refractivity contribution is 0.437. The van der Waals surface area contributed by atoms with Crippen LogP contribution in [0, 0.1) is 13.8 Å². The van der Waals surface area contributed by atoms with E-state index < -0.39 is 10.0 Å².